The van der Waals surface area contributed by atoms with Crippen LogP contribution in [-0.2, 0) is 0 Å². The van der Waals surface area contributed by atoms with Crippen molar-refractivity contribution >= 4 is 45.0 Å². The van der Waals surface area contributed by atoms with Crippen molar-refractivity contribution in [2.45, 2.75) is 20.3 Å². The zero-order valence-corrected chi connectivity index (χ0v) is 20.5. The maximum absolute atomic E-state index is 13.5. The summed E-state index contributed by atoms with van der Waals surface area (Å²) < 4.78 is 11.9. The Morgan fingerprint density at radius 2 is 1.68 bits per heavy atom. The van der Waals surface area contributed by atoms with Crippen molar-refractivity contribution < 1.29 is 14.3 Å². The molecule has 1 heterocycles. The van der Waals surface area contributed by atoms with Crippen molar-refractivity contribution in [3.05, 3.63) is 47.0 Å². The molecule has 3 rings (SSSR count). The number of benzene rings is 2. The van der Waals surface area contributed by atoms with Crippen LogP contribution in [0.5, 0.6) is 11.5 Å². The van der Waals surface area contributed by atoms with Crippen molar-refractivity contribution in [3.63, 3.8) is 0 Å². The number of aryl methyl sites for hydroxylation is 2. The summed E-state index contributed by atoms with van der Waals surface area (Å²) in [5.74, 6) is 1.34. The molecule has 0 aliphatic rings. The van der Waals surface area contributed by atoms with Gasteiger partial charge in [-0.25, -0.2) is 4.98 Å². The lowest BCUT2D eigenvalue weighted by Gasteiger charge is -2.21. The second-order valence-corrected chi connectivity index (χ2v) is 8.53. The van der Waals surface area contributed by atoms with E-state index in [9.17, 15) is 4.79 Å². The maximum Gasteiger partial charge on any atom is 0.260 e. The minimum absolute atomic E-state index is 0. The van der Waals surface area contributed by atoms with Crippen LogP contribution in [0.2, 0.25) is 0 Å². The summed E-state index contributed by atoms with van der Waals surface area (Å²) >= 11 is 1.45. The number of nitrogens with zero attached hydrogens (tertiary/aromatic N) is 3. The molecule has 1 amide bonds. The number of methoxy groups -OCH3 is 2. The number of halogens is 1. The molecule has 0 aliphatic carbocycles. The second-order valence-electron chi connectivity index (χ2n) is 7.56. The van der Waals surface area contributed by atoms with Crippen LogP contribution in [0.1, 0.15) is 27.9 Å². The third-order valence-corrected chi connectivity index (χ3v) is 6.21. The number of amides is 1. The van der Waals surface area contributed by atoms with E-state index >= 15 is 0 Å². The molecule has 0 N–H and O–H groups in total. The molecular weight excluding hydrogens is 434 g/mol. The van der Waals surface area contributed by atoms with E-state index in [2.05, 4.69) is 4.90 Å². The van der Waals surface area contributed by atoms with Crippen LogP contribution in [-0.4, -0.2) is 57.2 Å². The Kier molecular flexibility index (Phi) is 8.68. The number of ether oxygens (including phenoxy) is 2. The van der Waals surface area contributed by atoms with Gasteiger partial charge in [0.25, 0.3) is 5.91 Å². The van der Waals surface area contributed by atoms with Gasteiger partial charge in [-0.05, 0) is 76.3 Å². The fraction of sp³-hybridized carbons (Fsp3) is 0.391. The Labute approximate surface area is 194 Å². The number of anilines is 1. The highest BCUT2D eigenvalue weighted by Gasteiger charge is 2.23. The standard InChI is InChI=1S/C23H29N3O3S.ClH/c1-15-8-9-17(14-16(15)2)22(27)26(13-7-12-25(3)4)23-24-20-18(28-5)10-11-19(29-6)21(20)30-23;/h8-11,14H,7,12-13H2,1-6H3;1H. The molecule has 8 heteroatoms. The number of hydrogen-bond donors (Lipinski definition) is 0. The largest absolute Gasteiger partial charge is 0.495 e. The van der Waals surface area contributed by atoms with Gasteiger partial charge in [0.2, 0.25) is 0 Å². The minimum atomic E-state index is -0.0474. The average molecular weight is 464 g/mol. The van der Waals surface area contributed by atoms with E-state index in [4.69, 9.17) is 14.5 Å². The Balaban J connectivity index is 0.00000341. The van der Waals surface area contributed by atoms with E-state index in [1.807, 2.05) is 58.3 Å². The lowest BCUT2D eigenvalue weighted by atomic mass is 10.1. The molecule has 0 spiro atoms. The van der Waals surface area contributed by atoms with Gasteiger partial charge in [0.1, 0.15) is 21.7 Å². The van der Waals surface area contributed by atoms with Crippen molar-refractivity contribution in [1.82, 2.24) is 9.88 Å². The molecule has 0 bridgehead atoms. The molecule has 0 radical (unpaired) electrons. The molecule has 0 fully saturated rings. The zero-order valence-electron chi connectivity index (χ0n) is 18.9. The smallest absolute Gasteiger partial charge is 0.260 e. The second kappa shape index (κ2) is 10.8. The van der Waals surface area contributed by atoms with Crippen molar-refractivity contribution in [2.24, 2.45) is 0 Å². The predicted octanol–water partition coefficient (Wildman–Crippen LogP) is 4.95. The van der Waals surface area contributed by atoms with Gasteiger partial charge in [0, 0.05) is 12.1 Å². The summed E-state index contributed by atoms with van der Waals surface area (Å²) in [7, 11) is 7.32. The lowest BCUT2D eigenvalue weighted by molar-refractivity contribution is 0.0986. The SMILES string of the molecule is COc1ccc(OC)c2sc(N(CCCN(C)C)C(=O)c3ccc(C)c(C)c3)nc12.Cl. The van der Waals surface area contributed by atoms with Crippen molar-refractivity contribution in [1.29, 1.82) is 0 Å². The average Bonchev–Trinajstić information content (AvgIpc) is 3.16. The zero-order chi connectivity index (χ0) is 21.8. The van der Waals surface area contributed by atoms with Crippen molar-refractivity contribution in [3.8, 4) is 11.5 Å². The van der Waals surface area contributed by atoms with Gasteiger partial charge in [-0.1, -0.05) is 17.4 Å². The van der Waals surface area contributed by atoms with Gasteiger partial charge in [-0.2, -0.15) is 0 Å². The Morgan fingerprint density at radius 1 is 1.00 bits per heavy atom. The number of carbonyl (C=O) groups is 1. The van der Waals surface area contributed by atoms with Gasteiger partial charge in [0.05, 0.1) is 14.2 Å². The molecule has 2 aromatic carbocycles. The fourth-order valence-electron chi connectivity index (χ4n) is 3.25. The number of rotatable bonds is 8. The summed E-state index contributed by atoms with van der Waals surface area (Å²) in [5.41, 5.74) is 3.64. The van der Waals surface area contributed by atoms with Crippen LogP contribution in [0.4, 0.5) is 5.13 Å². The van der Waals surface area contributed by atoms with Crippen LogP contribution >= 0.6 is 23.7 Å². The molecule has 0 aliphatic heterocycles. The number of aromatic nitrogens is 1. The number of carbonyl (C=O) groups excluding carboxylic acids is 1. The summed E-state index contributed by atoms with van der Waals surface area (Å²) in [6.07, 6.45) is 0.841. The molecule has 31 heavy (non-hydrogen) atoms. The first-order valence-electron chi connectivity index (χ1n) is 9.91. The third kappa shape index (κ3) is 5.47. The quantitative estimate of drug-likeness (QED) is 0.473. The van der Waals surface area contributed by atoms with E-state index in [-0.39, 0.29) is 18.3 Å². The van der Waals surface area contributed by atoms with Crippen LogP contribution in [0, 0.1) is 13.8 Å². The third-order valence-electron chi connectivity index (χ3n) is 5.12. The highest BCUT2D eigenvalue weighted by Crippen LogP contribution is 2.40. The molecular formula is C23H30ClN3O3S. The fourth-order valence-corrected chi connectivity index (χ4v) is 4.35. The van der Waals surface area contributed by atoms with Gasteiger partial charge in [-0.15, -0.1) is 12.4 Å². The topological polar surface area (TPSA) is 54.9 Å². The molecule has 0 atom stereocenters. The summed E-state index contributed by atoms with van der Waals surface area (Å²) in [6.45, 7) is 5.53. The number of hydrogen-bond acceptors (Lipinski definition) is 6. The normalized spacial score (nSPS) is 10.8. The first kappa shape index (κ1) is 24.9. The summed E-state index contributed by atoms with van der Waals surface area (Å²) in [4.78, 5) is 22.2. The molecule has 6 nitrogen and oxygen atoms in total. The number of fused-ring (bicyclic) bond motifs is 1. The first-order chi connectivity index (χ1) is 14.3. The highest BCUT2D eigenvalue weighted by molar-refractivity contribution is 7.22. The summed E-state index contributed by atoms with van der Waals surface area (Å²) in [5, 5.41) is 0.648. The highest BCUT2D eigenvalue weighted by atomic mass is 35.5. The van der Waals surface area contributed by atoms with E-state index in [0.717, 1.165) is 29.0 Å². The molecule has 168 valence electrons. The molecule has 1 aromatic heterocycles. The van der Waals surface area contributed by atoms with Crippen molar-refractivity contribution in [2.75, 3.05) is 46.3 Å². The first-order valence-corrected chi connectivity index (χ1v) is 10.7. The summed E-state index contributed by atoms with van der Waals surface area (Å²) in [6, 6.07) is 9.53. The molecule has 0 saturated heterocycles. The monoisotopic (exact) mass is 463 g/mol. The molecule has 0 saturated carbocycles. The van der Waals surface area contributed by atoms with Gasteiger partial charge in [-0.3, -0.25) is 9.69 Å². The van der Waals surface area contributed by atoms with Crippen LogP contribution in [0.25, 0.3) is 10.2 Å². The van der Waals surface area contributed by atoms with Crippen LogP contribution in [0.3, 0.4) is 0 Å². The van der Waals surface area contributed by atoms with E-state index in [0.29, 0.717) is 28.5 Å². The minimum Gasteiger partial charge on any atom is -0.495 e. The molecule has 3 aromatic rings. The van der Waals surface area contributed by atoms with Gasteiger partial charge < -0.3 is 14.4 Å². The van der Waals surface area contributed by atoms with Gasteiger partial charge >= 0.3 is 0 Å². The van der Waals surface area contributed by atoms with E-state index in [1.54, 1.807) is 19.1 Å². The van der Waals surface area contributed by atoms with E-state index < -0.39 is 0 Å². The molecule has 0 unspecified atom stereocenters. The maximum atomic E-state index is 13.5. The van der Waals surface area contributed by atoms with Crippen LogP contribution < -0.4 is 14.4 Å². The Morgan fingerprint density at radius 3 is 2.29 bits per heavy atom. The Hall–Kier alpha value is -2.35. The Bertz CT molecular complexity index is 1010. The lowest BCUT2D eigenvalue weighted by Crippen LogP contribution is -2.33. The van der Waals surface area contributed by atoms with E-state index in [1.165, 1.54) is 16.9 Å². The number of thiazole rings is 1. The predicted molar refractivity (Wildman–Crippen MR) is 131 cm³/mol. The van der Waals surface area contributed by atoms with Gasteiger partial charge in [0.15, 0.2) is 5.13 Å². The van der Waals surface area contributed by atoms with Crippen LogP contribution in [0.15, 0.2) is 30.3 Å².